The molecule has 0 aliphatic heterocycles. The predicted octanol–water partition coefficient (Wildman–Crippen LogP) is 1.87. The highest BCUT2D eigenvalue weighted by Crippen LogP contribution is 2.24. The lowest BCUT2D eigenvalue weighted by molar-refractivity contribution is 0.0696. The lowest BCUT2D eigenvalue weighted by atomic mass is 10.2. The van der Waals surface area contributed by atoms with E-state index in [2.05, 4.69) is 10.6 Å². The number of hydrogen-bond acceptors (Lipinski definition) is 3. The SMILES string of the molecule is C#CCCCNS(=O)(=O)c1cc(F)c(Cl)c(C(=O)O)c1. The molecule has 1 rings (SSSR count). The maximum absolute atomic E-state index is 13.5. The Morgan fingerprint density at radius 3 is 2.70 bits per heavy atom. The molecule has 1 aromatic carbocycles. The number of hydrogen-bond donors (Lipinski definition) is 2. The van der Waals surface area contributed by atoms with Crippen LogP contribution in [0.3, 0.4) is 0 Å². The minimum absolute atomic E-state index is 0.0686. The molecule has 108 valence electrons. The zero-order chi connectivity index (χ0) is 15.3. The van der Waals surface area contributed by atoms with Gasteiger partial charge >= 0.3 is 5.97 Å². The Morgan fingerprint density at radius 2 is 2.15 bits per heavy atom. The Bertz CT molecular complexity index is 667. The molecule has 0 saturated carbocycles. The first-order chi connectivity index (χ1) is 9.29. The summed E-state index contributed by atoms with van der Waals surface area (Å²) in [5.74, 6) is -0.286. The molecule has 0 radical (unpaired) electrons. The Balaban J connectivity index is 3.07. The molecule has 0 aromatic heterocycles. The van der Waals surface area contributed by atoms with Crippen molar-refractivity contribution in [3.8, 4) is 12.3 Å². The van der Waals surface area contributed by atoms with Crippen molar-refractivity contribution in [2.24, 2.45) is 0 Å². The molecule has 0 spiro atoms. The zero-order valence-corrected chi connectivity index (χ0v) is 11.8. The number of terminal acetylenes is 1. The summed E-state index contributed by atoms with van der Waals surface area (Å²) in [6, 6.07) is 1.47. The van der Waals surface area contributed by atoms with Crippen LogP contribution in [0.2, 0.25) is 5.02 Å². The Kier molecular flexibility index (Phi) is 5.51. The van der Waals surface area contributed by atoms with Gasteiger partial charge < -0.3 is 5.11 Å². The number of carbonyl (C=O) groups is 1. The molecule has 20 heavy (non-hydrogen) atoms. The second-order valence-corrected chi connectivity index (χ2v) is 5.92. The lowest BCUT2D eigenvalue weighted by Crippen LogP contribution is -2.25. The monoisotopic (exact) mass is 319 g/mol. The second kappa shape index (κ2) is 6.70. The van der Waals surface area contributed by atoms with E-state index in [0.29, 0.717) is 18.9 Å². The predicted molar refractivity (Wildman–Crippen MR) is 71.6 cm³/mol. The topological polar surface area (TPSA) is 83.5 Å². The van der Waals surface area contributed by atoms with E-state index in [-0.39, 0.29) is 6.54 Å². The summed E-state index contributed by atoms with van der Waals surface area (Å²) in [6.45, 7) is 0.0686. The zero-order valence-electron chi connectivity index (χ0n) is 10.2. The van der Waals surface area contributed by atoms with Crippen LogP contribution in [0.25, 0.3) is 0 Å². The van der Waals surface area contributed by atoms with E-state index in [0.717, 1.165) is 6.07 Å². The van der Waals surface area contributed by atoms with E-state index < -0.39 is 37.3 Å². The number of benzene rings is 1. The first kappa shape index (κ1) is 16.4. The highest BCUT2D eigenvalue weighted by Gasteiger charge is 2.21. The Hall–Kier alpha value is -1.62. The standard InChI is InChI=1S/C12H11ClFNO4S/c1-2-3-4-5-15-20(18,19)8-6-9(12(16)17)11(13)10(14)7-8/h1,6-7,15H,3-5H2,(H,16,17). The van der Waals surface area contributed by atoms with Gasteiger partial charge in [-0.05, 0) is 18.6 Å². The van der Waals surface area contributed by atoms with Crippen LogP contribution < -0.4 is 4.72 Å². The second-order valence-electron chi connectivity index (χ2n) is 3.78. The fraction of sp³-hybridized carbons (Fsp3) is 0.250. The molecule has 0 unspecified atom stereocenters. The van der Waals surface area contributed by atoms with Gasteiger partial charge in [0.05, 0.1) is 15.5 Å². The van der Waals surface area contributed by atoms with Crippen LogP contribution in [0.1, 0.15) is 23.2 Å². The number of halogens is 2. The van der Waals surface area contributed by atoms with Crippen molar-refractivity contribution in [2.75, 3.05) is 6.54 Å². The Labute approximate surface area is 120 Å². The summed E-state index contributed by atoms with van der Waals surface area (Å²) < 4.78 is 39.4. The fourth-order valence-electron chi connectivity index (χ4n) is 1.36. The van der Waals surface area contributed by atoms with Gasteiger partial charge in [0.1, 0.15) is 5.82 Å². The molecule has 0 aliphatic rings. The molecule has 5 nitrogen and oxygen atoms in total. The highest BCUT2D eigenvalue weighted by molar-refractivity contribution is 7.89. The van der Waals surface area contributed by atoms with Gasteiger partial charge in [0.2, 0.25) is 10.0 Å². The molecule has 0 fully saturated rings. The first-order valence-electron chi connectivity index (χ1n) is 5.45. The average molecular weight is 320 g/mol. The van der Waals surface area contributed by atoms with Crippen molar-refractivity contribution in [1.82, 2.24) is 4.72 Å². The van der Waals surface area contributed by atoms with Crippen molar-refractivity contribution in [1.29, 1.82) is 0 Å². The van der Waals surface area contributed by atoms with Gasteiger partial charge in [0.15, 0.2) is 0 Å². The molecular formula is C12H11ClFNO4S. The van der Waals surface area contributed by atoms with Gasteiger partial charge in [0, 0.05) is 13.0 Å². The average Bonchev–Trinajstić information content (AvgIpc) is 2.37. The normalized spacial score (nSPS) is 11.1. The molecule has 8 heteroatoms. The van der Waals surface area contributed by atoms with Gasteiger partial charge in [-0.1, -0.05) is 11.6 Å². The summed E-state index contributed by atoms with van der Waals surface area (Å²) in [4.78, 5) is 10.4. The van der Waals surface area contributed by atoms with Crippen LogP contribution in [0.5, 0.6) is 0 Å². The molecule has 1 aromatic rings. The molecule has 0 amide bonds. The van der Waals surface area contributed by atoms with Crippen LogP contribution in [0.15, 0.2) is 17.0 Å². The minimum atomic E-state index is -4.02. The van der Waals surface area contributed by atoms with Crippen LogP contribution in [0.4, 0.5) is 4.39 Å². The summed E-state index contributed by atoms with van der Waals surface area (Å²) in [5.41, 5.74) is -0.615. The third-order valence-corrected chi connectivity index (χ3v) is 4.16. The molecular weight excluding hydrogens is 309 g/mol. The van der Waals surface area contributed by atoms with Gasteiger partial charge in [0.25, 0.3) is 0 Å². The third-order valence-electron chi connectivity index (χ3n) is 2.33. The maximum atomic E-state index is 13.5. The highest BCUT2D eigenvalue weighted by atomic mass is 35.5. The molecule has 0 heterocycles. The summed E-state index contributed by atoms with van der Waals surface area (Å²) in [7, 11) is -4.02. The van der Waals surface area contributed by atoms with Gasteiger partial charge in [-0.3, -0.25) is 0 Å². The Morgan fingerprint density at radius 1 is 1.50 bits per heavy atom. The number of unbranched alkanes of at least 4 members (excludes halogenated alkanes) is 1. The van der Waals surface area contributed by atoms with Crippen LogP contribution in [-0.2, 0) is 10.0 Å². The number of sulfonamides is 1. The summed E-state index contributed by atoms with van der Waals surface area (Å²) in [6.07, 6.45) is 5.82. The number of carboxylic acids is 1. The summed E-state index contributed by atoms with van der Waals surface area (Å²) >= 11 is 5.46. The van der Waals surface area contributed by atoms with E-state index in [1.807, 2.05) is 0 Å². The van der Waals surface area contributed by atoms with Crippen molar-refractivity contribution in [3.63, 3.8) is 0 Å². The van der Waals surface area contributed by atoms with Crippen molar-refractivity contribution < 1.29 is 22.7 Å². The van der Waals surface area contributed by atoms with E-state index in [1.165, 1.54) is 0 Å². The smallest absolute Gasteiger partial charge is 0.337 e. The molecule has 0 saturated heterocycles. The third kappa shape index (κ3) is 3.93. The van der Waals surface area contributed by atoms with Crippen LogP contribution in [-0.4, -0.2) is 26.0 Å². The van der Waals surface area contributed by atoms with E-state index in [9.17, 15) is 17.6 Å². The van der Waals surface area contributed by atoms with E-state index in [1.54, 1.807) is 0 Å². The minimum Gasteiger partial charge on any atom is -0.478 e. The number of rotatable bonds is 6. The van der Waals surface area contributed by atoms with Crippen LogP contribution >= 0.6 is 11.6 Å². The first-order valence-corrected chi connectivity index (χ1v) is 7.31. The summed E-state index contributed by atoms with van der Waals surface area (Å²) in [5, 5.41) is 8.20. The lowest BCUT2D eigenvalue weighted by Gasteiger charge is -2.08. The molecule has 2 N–H and O–H groups in total. The van der Waals surface area contributed by atoms with Gasteiger partial charge in [-0.25, -0.2) is 22.3 Å². The van der Waals surface area contributed by atoms with E-state index in [4.69, 9.17) is 23.1 Å². The number of nitrogens with one attached hydrogen (secondary N) is 1. The quantitative estimate of drug-likeness (QED) is 0.619. The van der Waals surface area contributed by atoms with Crippen molar-refractivity contribution in [3.05, 3.63) is 28.5 Å². The number of carboxylic acid groups (broad SMARTS) is 1. The van der Waals surface area contributed by atoms with E-state index >= 15 is 0 Å². The van der Waals surface area contributed by atoms with Crippen LogP contribution in [0, 0.1) is 18.2 Å². The largest absolute Gasteiger partial charge is 0.478 e. The maximum Gasteiger partial charge on any atom is 0.337 e. The molecule has 0 bridgehead atoms. The van der Waals surface area contributed by atoms with Crippen molar-refractivity contribution in [2.45, 2.75) is 17.7 Å². The van der Waals surface area contributed by atoms with Crippen molar-refractivity contribution >= 4 is 27.6 Å². The van der Waals surface area contributed by atoms with Gasteiger partial charge in [-0.15, -0.1) is 12.3 Å². The van der Waals surface area contributed by atoms with Gasteiger partial charge in [-0.2, -0.15) is 0 Å². The molecule has 0 aliphatic carbocycles. The molecule has 0 atom stereocenters. The number of aromatic carboxylic acids is 1. The fourth-order valence-corrected chi connectivity index (χ4v) is 2.66.